The van der Waals surface area contributed by atoms with Crippen molar-refractivity contribution >= 4 is 0 Å². The highest BCUT2D eigenvalue weighted by molar-refractivity contribution is 5.81. The van der Waals surface area contributed by atoms with Gasteiger partial charge in [-0.25, -0.2) is 0 Å². The van der Waals surface area contributed by atoms with Gasteiger partial charge in [0.05, 0.1) is 0 Å². The average molecular weight is 585 g/mol. The molecule has 0 aromatic heterocycles. The van der Waals surface area contributed by atoms with Gasteiger partial charge in [0.1, 0.15) is 0 Å². The summed E-state index contributed by atoms with van der Waals surface area (Å²) in [5.41, 5.74) is 15.9. The van der Waals surface area contributed by atoms with Crippen LogP contribution < -0.4 is 0 Å². The normalized spacial score (nSPS) is 37.2. The number of fused-ring (bicyclic) bond motifs is 5. The molecule has 0 aliphatic heterocycles. The van der Waals surface area contributed by atoms with Crippen molar-refractivity contribution in [1.82, 2.24) is 0 Å². The highest BCUT2D eigenvalue weighted by Crippen LogP contribution is 2.71. The van der Waals surface area contributed by atoms with Crippen LogP contribution in [0.25, 0.3) is 11.1 Å². The first kappa shape index (κ1) is 28.2. The van der Waals surface area contributed by atoms with E-state index in [-0.39, 0.29) is 16.2 Å². The molecule has 8 aliphatic rings. The standard InChI is InChI=1S/C44H56/c1-41(2,3)29-12-14-33-35(19-29)36-20-30(42(4,5)6)13-15-34(36)40(33)43(7)38-11-9-8-10-32(38)37-21-31(22-39(37)43)44-23-26-16-27(24-44)18-28(17-26)25-44/h12-15,19-20,22,26-28,32,38,40H,8-11,16-18,21,23-25H2,1-7H3. The van der Waals surface area contributed by atoms with Crippen molar-refractivity contribution in [2.45, 2.75) is 136 Å². The van der Waals surface area contributed by atoms with E-state index in [1.807, 2.05) is 16.7 Å². The summed E-state index contributed by atoms with van der Waals surface area (Å²) >= 11 is 0. The largest absolute Gasteiger partial charge is 0.0596 e. The zero-order chi connectivity index (χ0) is 30.4. The summed E-state index contributed by atoms with van der Waals surface area (Å²) < 4.78 is 0. The molecule has 8 aliphatic carbocycles. The maximum absolute atomic E-state index is 2.91. The zero-order valence-electron chi connectivity index (χ0n) is 28.8. The molecule has 0 saturated heterocycles. The van der Waals surface area contributed by atoms with Crippen molar-refractivity contribution < 1.29 is 0 Å². The lowest BCUT2D eigenvalue weighted by atomic mass is 9.47. The van der Waals surface area contributed by atoms with Crippen LogP contribution >= 0.6 is 0 Å². The molecule has 2 aromatic carbocycles. The summed E-state index contributed by atoms with van der Waals surface area (Å²) in [7, 11) is 0. The third kappa shape index (κ3) is 3.81. The van der Waals surface area contributed by atoms with E-state index in [2.05, 4.69) is 90.9 Å². The lowest BCUT2D eigenvalue weighted by Crippen LogP contribution is -2.47. The summed E-state index contributed by atoms with van der Waals surface area (Å²) in [6.45, 7) is 17.0. The summed E-state index contributed by atoms with van der Waals surface area (Å²) in [5, 5.41) is 0. The van der Waals surface area contributed by atoms with Crippen LogP contribution in [-0.2, 0) is 10.8 Å². The van der Waals surface area contributed by atoms with Gasteiger partial charge in [-0.15, -0.1) is 0 Å². The molecular weight excluding hydrogens is 528 g/mol. The van der Waals surface area contributed by atoms with Gasteiger partial charge in [-0.2, -0.15) is 0 Å². The first-order valence-corrected chi connectivity index (χ1v) is 18.6. The Bertz CT molecular complexity index is 1510. The second-order valence-electron chi connectivity index (χ2n) is 19.3. The maximum atomic E-state index is 2.91. The molecule has 0 amide bonds. The first-order valence-electron chi connectivity index (χ1n) is 18.6. The van der Waals surface area contributed by atoms with Crippen LogP contribution in [0.15, 0.2) is 59.2 Å². The second-order valence-corrected chi connectivity index (χ2v) is 19.3. The number of allylic oxidation sites excluding steroid dienone is 4. The minimum atomic E-state index is 0.150. The molecule has 5 fully saturated rings. The van der Waals surface area contributed by atoms with Gasteiger partial charge >= 0.3 is 0 Å². The van der Waals surface area contributed by atoms with Gasteiger partial charge in [0.15, 0.2) is 0 Å². The van der Waals surface area contributed by atoms with Gasteiger partial charge in [-0.1, -0.05) is 115 Å². The summed E-state index contributed by atoms with van der Waals surface area (Å²) in [6.07, 6.45) is 19.1. The van der Waals surface area contributed by atoms with E-state index >= 15 is 0 Å². The van der Waals surface area contributed by atoms with Crippen LogP contribution in [-0.4, -0.2) is 0 Å². The molecule has 0 radical (unpaired) electrons. The Balaban J connectivity index is 1.21. The molecule has 10 rings (SSSR count). The fourth-order valence-corrected chi connectivity index (χ4v) is 13.0. The molecule has 0 heterocycles. The molecule has 0 spiro atoms. The fraction of sp³-hybridized carbons (Fsp3) is 0.636. The Kier molecular flexibility index (Phi) is 5.79. The molecule has 232 valence electrons. The second kappa shape index (κ2) is 9.04. The van der Waals surface area contributed by atoms with Crippen molar-refractivity contribution in [1.29, 1.82) is 0 Å². The average Bonchev–Trinajstić information content (AvgIpc) is 3.62. The third-order valence-electron chi connectivity index (χ3n) is 14.7. The van der Waals surface area contributed by atoms with Crippen molar-refractivity contribution in [3.8, 4) is 11.1 Å². The van der Waals surface area contributed by atoms with Crippen LogP contribution in [0.1, 0.15) is 147 Å². The first-order chi connectivity index (χ1) is 20.8. The van der Waals surface area contributed by atoms with Gasteiger partial charge in [0.2, 0.25) is 0 Å². The van der Waals surface area contributed by atoms with E-state index in [1.165, 1.54) is 73.6 Å². The van der Waals surface area contributed by atoms with Crippen LogP contribution in [0.3, 0.4) is 0 Å². The molecule has 5 saturated carbocycles. The van der Waals surface area contributed by atoms with Crippen molar-refractivity contribution in [3.05, 3.63) is 81.4 Å². The van der Waals surface area contributed by atoms with Crippen molar-refractivity contribution in [2.75, 3.05) is 0 Å². The van der Waals surface area contributed by atoms with E-state index in [4.69, 9.17) is 0 Å². The molecule has 0 heteroatoms. The maximum Gasteiger partial charge on any atom is 0.0199 e. The minimum absolute atomic E-state index is 0.150. The van der Waals surface area contributed by atoms with Gasteiger partial charge in [0, 0.05) is 11.3 Å². The molecule has 3 unspecified atom stereocenters. The molecule has 0 nitrogen and oxygen atoms in total. The van der Waals surface area contributed by atoms with E-state index < -0.39 is 0 Å². The fourth-order valence-electron chi connectivity index (χ4n) is 13.0. The Hall–Kier alpha value is -2.08. The predicted octanol–water partition coefficient (Wildman–Crippen LogP) is 12.1. The lowest BCUT2D eigenvalue weighted by molar-refractivity contribution is -0.0316. The van der Waals surface area contributed by atoms with Gasteiger partial charge in [-0.3, -0.25) is 0 Å². The highest BCUT2D eigenvalue weighted by atomic mass is 14.6. The number of benzene rings is 2. The summed E-state index contributed by atoms with van der Waals surface area (Å²) in [6, 6.07) is 15.3. The van der Waals surface area contributed by atoms with Crippen LogP contribution in [0.4, 0.5) is 0 Å². The molecule has 3 atom stereocenters. The van der Waals surface area contributed by atoms with Crippen LogP contribution in [0.2, 0.25) is 0 Å². The molecular formula is C44H56. The van der Waals surface area contributed by atoms with Gasteiger partial charge in [-0.05, 0) is 143 Å². The Morgan fingerprint density at radius 1 is 0.682 bits per heavy atom. The number of rotatable bonds is 2. The Morgan fingerprint density at radius 2 is 1.20 bits per heavy atom. The van der Waals surface area contributed by atoms with E-state index in [0.717, 1.165) is 29.6 Å². The number of hydrogen-bond donors (Lipinski definition) is 0. The minimum Gasteiger partial charge on any atom is -0.0596 e. The monoisotopic (exact) mass is 584 g/mol. The molecule has 2 aromatic rings. The van der Waals surface area contributed by atoms with Crippen LogP contribution in [0.5, 0.6) is 0 Å². The zero-order valence-corrected chi connectivity index (χ0v) is 28.8. The lowest BCUT2D eigenvalue weighted by Gasteiger charge is -2.58. The molecule has 44 heavy (non-hydrogen) atoms. The third-order valence-corrected chi connectivity index (χ3v) is 14.7. The molecule has 4 bridgehead atoms. The Morgan fingerprint density at radius 3 is 1.73 bits per heavy atom. The predicted molar refractivity (Wildman–Crippen MR) is 185 cm³/mol. The van der Waals surface area contributed by atoms with E-state index in [0.29, 0.717) is 11.3 Å². The quantitative estimate of drug-likeness (QED) is 0.329. The number of hydrogen-bond acceptors (Lipinski definition) is 0. The van der Waals surface area contributed by atoms with Gasteiger partial charge in [0.25, 0.3) is 0 Å². The van der Waals surface area contributed by atoms with Crippen LogP contribution in [0, 0.1) is 40.4 Å². The van der Waals surface area contributed by atoms with Crippen molar-refractivity contribution in [3.63, 3.8) is 0 Å². The topological polar surface area (TPSA) is 0 Å². The Labute approximate surface area is 268 Å². The summed E-state index contributed by atoms with van der Waals surface area (Å²) in [5.74, 6) is 5.11. The van der Waals surface area contributed by atoms with Crippen molar-refractivity contribution in [2.24, 2.45) is 40.4 Å². The molecule has 0 N–H and O–H groups in total. The van der Waals surface area contributed by atoms with E-state index in [9.17, 15) is 0 Å². The SMILES string of the molecule is CC(C)(C)c1ccc2c(c1)-c1cc(C(C)(C)C)ccc1C2C1(C)C2=C(CC(C34CC5CC(CC(C5)C3)C4)=C2)C2CCCCC21. The van der Waals surface area contributed by atoms with E-state index in [1.54, 1.807) is 30.4 Å². The smallest absolute Gasteiger partial charge is 0.0199 e. The summed E-state index contributed by atoms with van der Waals surface area (Å²) in [4.78, 5) is 0. The highest BCUT2D eigenvalue weighted by Gasteiger charge is 2.60. The van der Waals surface area contributed by atoms with Gasteiger partial charge < -0.3 is 0 Å².